The molecule has 0 amide bonds. The molecule has 4 heteroatoms. The van der Waals surface area contributed by atoms with Gasteiger partial charge in [0.15, 0.2) is 8.32 Å². The summed E-state index contributed by atoms with van der Waals surface area (Å²) in [4.78, 5) is 2.59. The molecule has 29 heavy (non-hydrogen) atoms. The molecule has 1 aliphatic heterocycles. The van der Waals surface area contributed by atoms with Gasteiger partial charge in [-0.25, -0.2) is 0 Å². The molecule has 1 saturated heterocycles. The number of benzene rings is 1. The van der Waals surface area contributed by atoms with Gasteiger partial charge in [0.2, 0.25) is 0 Å². The summed E-state index contributed by atoms with van der Waals surface area (Å²) in [5, 5.41) is 4.24. The molecule has 3 nitrogen and oxygen atoms in total. The van der Waals surface area contributed by atoms with Crippen LogP contribution in [-0.4, -0.2) is 51.5 Å². The summed E-state index contributed by atoms with van der Waals surface area (Å²) < 4.78 is 6.36. The van der Waals surface area contributed by atoms with E-state index in [0.29, 0.717) is 17.1 Å². The predicted molar refractivity (Wildman–Crippen MR) is 128 cm³/mol. The number of hydrogen-bond donors (Lipinski definition) is 1. The van der Waals surface area contributed by atoms with E-state index in [9.17, 15) is 0 Å². The summed E-state index contributed by atoms with van der Waals surface area (Å²) in [6.45, 7) is 18.3. The Labute approximate surface area is 180 Å². The van der Waals surface area contributed by atoms with Gasteiger partial charge in [0.1, 0.15) is 0 Å². The fourth-order valence-corrected chi connectivity index (χ4v) is 5.11. The Hall–Kier alpha value is -0.943. The van der Waals surface area contributed by atoms with Crippen molar-refractivity contribution in [2.75, 3.05) is 26.2 Å². The average Bonchev–Trinajstić information content (AvgIpc) is 3.42. The monoisotopic (exact) mass is 414 g/mol. The smallest absolute Gasteiger partial charge is 0.192 e. The maximum atomic E-state index is 6.36. The van der Waals surface area contributed by atoms with Gasteiger partial charge in [-0.2, -0.15) is 0 Å². The third-order valence-electron chi connectivity index (χ3n) is 7.28. The zero-order valence-electron chi connectivity index (χ0n) is 19.5. The highest BCUT2D eigenvalue weighted by Crippen LogP contribution is 2.39. The van der Waals surface area contributed by atoms with E-state index >= 15 is 0 Å². The topological polar surface area (TPSA) is 24.5 Å². The minimum absolute atomic E-state index is 0.303. The van der Waals surface area contributed by atoms with Crippen LogP contribution < -0.4 is 5.32 Å². The number of nitrogens with one attached hydrogen (secondary N) is 1. The Morgan fingerprint density at radius 2 is 1.83 bits per heavy atom. The first-order chi connectivity index (χ1) is 13.7. The van der Waals surface area contributed by atoms with Crippen molar-refractivity contribution >= 4 is 14.4 Å². The van der Waals surface area contributed by atoms with Crippen molar-refractivity contribution in [3.8, 4) is 0 Å². The summed E-state index contributed by atoms with van der Waals surface area (Å²) in [5.74, 6) is 0.728. The molecule has 1 saturated carbocycles. The van der Waals surface area contributed by atoms with E-state index in [1.165, 1.54) is 43.5 Å². The number of piperidine rings is 1. The zero-order valence-corrected chi connectivity index (χ0v) is 20.5. The minimum atomic E-state index is -1.61. The van der Waals surface area contributed by atoms with Crippen LogP contribution in [0.3, 0.4) is 0 Å². The molecule has 0 radical (unpaired) electrons. The molecule has 1 heterocycles. The average molecular weight is 415 g/mol. The largest absolute Gasteiger partial charge is 0.416 e. The molecule has 2 atom stereocenters. The van der Waals surface area contributed by atoms with Crippen molar-refractivity contribution in [2.45, 2.75) is 77.2 Å². The maximum Gasteiger partial charge on any atom is 0.192 e. The number of hydrogen-bond acceptors (Lipinski definition) is 3. The van der Waals surface area contributed by atoms with E-state index in [1.54, 1.807) is 0 Å². The van der Waals surface area contributed by atoms with E-state index < -0.39 is 8.32 Å². The summed E-state index contributed by atoms with van der Waals surface area (Å²) >= 11 is 0. The van der Waals surface area contributed by atoms with Crippen LogP contribution in [0.25, 0.3) is 6.08 Å². The van der Waals surface area contributed by atoms with Crippen LogP contribution in [0, 0.1) is 5.92 Å². The molecule has 0 spiro atoms. The fourth-order valence-electron chi connectivity index (χ4n) is 4.07. The highest BCUT2D eigenvalue weighted by atomic mass is 28.4. The maximum absolute atomic E-state index is 6.36. The van der Waals surface area contributed by atoms with Gasteiger partial charge in [-0.3, -0.25) is 0 Å². The fraction of sp³-hybridized carbons (Fsp3) is 0.680. The molecule has 0 unspecified atom stereocenters. The highest BCUT2D eigenvalue weighted by molar-refractivity contribution is 6.74. The molecule has 2 aliphatic rings. The first kappa shape index (κ1) is 22.7. The second-order valence-corrected chi connectivity index (χ2v) is 15.4. The van der Waals surface area contributed by atoms with Gasteiger partial charge >= 0.3 is 0 Å². The third-order valence-corrected chi connectivity index (χ3v) is 11.8. The lowest BCUT2D eigenvalue weighted by molar-refractivity contribution is 0.158. The Bertz CT molecular complexity index is 672. The highest BCUT2D eigenvalue weighted by Gasteiger charge is 2.40. The molecule has 1 aromatic carbocycles. The standard InChI is InChI=1S/C25H42N2OSi/c1-20(18-21-10-8-7-9-11-21)23-19-24(23)26-22-12-14-27(15-13-22)16-17-28-29(5,6)25(2,3)4/h7-11,18,22-24,26H,12-17,19H2,1-6H3/b20-18+/t23-,24+/m0/s1. The molecular formula is C25H42N2OSi. The molecule has 1 N–H and O–H groups in total. The van der Waals surface area contributed by atoms with Crippen LogP contribution in [0.2, 0.25) is 18.1 Å². The van der Waals surface area contributed by atoms with E-state index in [0.717, 1.165) is 19.1 Å². The first-order valence-electron chi connectivity index (χ1n) is 11.5. The van der Waals surface area contributed by atoms with Gasteiger partial charge in [-0.15, -0.1) is 0 Å². The molecule has 3 rings (SSSR count). The number of rotatable bonds is 8. The zero-order chi connectivity index (χ0) is 21.1. The van der Waals surface area contributed by atoms with Gasteiger partial charge in [-0.1, -0.05) is 62.8 Å². The van der Waals surface area contributed by atoms with Gasteiger partial charge in [0.25, 0.3) is 0 Å². The van der Waals surface area contributed by atoms with Crippen molar-refractivity contribution in [2.24, 2.45) is 5.92 Å². The minimum Gasteiger partial charge on any atom is -0.416 e. The van der Waals surface area contributed by atoms with E-state index in [1.807, 2.05) is 0 Å². The lowest BCUT2D eigenvalue weighted by atomic mass is 10.0. The Balaban J connectivity index is 1.34. The van der Waals surface area contributed by atoms with Crippen molar-refractivity contribution in [1.82, 2.24) is 10.2 Å². The van der Waals surface area contributed by atoms with Gasteiger partial charge in [0.05, 0.1) is 0 Å². The molecule has 1 aliphatic carbocycles. The van der Waals surface area contributed by atoms with Crippen LogP contribution in [0.1, 0.15) is 52.5 Å². The van der Waals surface area contributed by atoms with Crippen LogP contribution in [0.4, 0.5) is 0 Å². The van der Waals surface area contributed by atoms with Crippen LogP contribution >= 0.6 is 0 Å². The first-order valence-corrected chi connectivity index (χ1v) is 14.4. The molecule has 1 aromatic rings. The Morgan fingerprint density at radius 3 is 2.45 bits per heavy atom. The summed E-state index contributed by atoms with van der Waals surface area (Å²) in [6.07, 6.45) is 6.20. The van der Waals surface area contributed by atoms with Gasteiger partial charge in [-0.05, 0) is 68.9 Å². The van der Waals surface area contributed by atoms with E-state index in [-0.39, 0.29) is 0 Å². The lowest BCUT2D eigenvalue weighted by Gasteiger charge is -2.38. The summed E-state index contributed by atoms with van der Waals surface area (Å²) in [6, 6.07) is 12.1. The van der Waals surface area contributed by atoms with Crippen molar-refractivity contribution in [1.29, 1.82) is 0 Å². The van der Waals surface area contributed by atoms with Crippen molar-refractivity contribution in [3.63, 3.8) is 0 Å². The van der Waals surface area contributed by atoms with Crippen LogP contribution in [0.5, 0.6) is 0 Å². The van der Waals surface area contributed by atoms with Crippen molar-refractivity contribution < 1.29 is 4.43 Å². The predicted octanol–water partition coefficient (Wildman–Crippen LogP) is 5.55. The number of nitrogens with zero attached hydrogens (tertiary/aromatic N) is 1. The quantitative estimate of drug-likeness (QED) is 0.564. The summed E-state index contributed by atoms with van der Waals surface area (Å²) in [5.41, 5.74) is 2.85. The van der Waals surface area contributed by atoms with Crippen molar-refractivity contribution in [3.05, 3.63) is 41.5 Å². The van der Waals surface area contributed by atoms with E-state index in [2.05, 4.69) is 87.4 Å². The normalized spacial score (nSPS) is 24.7. The molecule has 0 aromatic heterocycles. The number of likely N-dealkylation sites (tertiary alicyclic amines) is 1. The Kier molecular flexibility index (Phi) is 7.42. The molecule has 2 fully saturated rings. The van der Waals surface area contributed by atoms with Crippen LogP contribution in [-0.2, 0) is 4.43 Å². The molecular weight excluding hydrogens is 372 g/mol. The van der Waals surface area contributed by atoms with Gasteiger partial charge in [0, 0.05) is 25.2 Å². The third kappa shape index (κ3) is 6.52. The second-order valence-electron chi connectivity index (χ2n) is 10.6. The van der Waals surface area contributed by atoms with E-state index in [4.69, 9.17) is 4.43 Å². The Morgan fingerprint density at radius 1 is 1.17 bits per heavy atom. The SMILES string of the molecule is C/C(=C\c1ccccc1)[C@@H]1C[C@H]1NC1CCN(CCO[Si](C)(C)C(C)(C)C)CC1. The second kappa shape index (κ2) is 9.46. The summed E-state index contributed by atoms with van der Waals surface area (Å²) in [7, 11) is -1.61. The lowest BCUT2D eigenvalue weighted by Crippen LogP contribution is -2.46. The molecule has 0 bridgehead atoms. The molecule has 162 valence electrons. The van der Waals surface area contributed by atoms with Crippen LogP contribution in [0.15, 0.2) is 35.9 Å². The van der Waals surface area contributed by atoms with Gasteiger partial charge < -0.3 is 14.6 Å².